The Morgan fingerprint density at radius 2 is 1.09 bits per heavy atom. The number of benzene rings is 2. The molecule has 0 atom stereocenters. The fraction of sp³-hybridized carbons (Fsp3) is 0. The van der Waals surface area contributed by atoms with Gasteiger partial charge < -0.3 is 0 Å². The van der Waals surface area contributed by atoms with Crippen LogP contribution in [0.4, 0.5) is 0 Å². The van der Waals surface area contributed by atoms with Gasteiger partial charge in [-0.15, -0.1) is 0 Å². The van der Waals surface area contributed by atoms with Gasteiger partial charge in [0.05, 0.1) is 0 Å². The van der Waals surface area contributed by atoms with Crippen LogP contribution < -0.4 is 8.92 Å². The Kier molecular flexibility index (Phi) is 3.96. The molecule has 0 aliphatic carbocycles. The number of fused-ring (bicyclic) bond motifs is 2. The zero-order chi connectivity index (χ0) is 15.8. The fourth-order valence-electron chi connectivity index (χ4n) is 2.44. The van der Waals surface area contributed by atoms with Gasteiger partial charge >= 0.3 is 150 Å². The number of hydrogen-bond donors (Lipinski definition) is 0. The topological polar surface area (TPSA) is 25.8 Å². The van der Waals surface area contributed by atoms with Crippen LogP contribution in [0.5, 0.6) is 0 Å². The molecule has 0 unspecified atom stereocenters. The quantitative estimate of drug-likeness (QED) is 0.476. The normalized spacial score (nSPS) is 11.2. The van der Waals surface area contributed by atoms with Crippen molar-refractivity contribution in [2.24, 2.45) is 0 Å². The van der Waals surface area contributed by atoms with Crippen molar-refractivity contribution in [3.63, 3.8) is 0 Å². The molecule has 0 aliphatic rings. The average molecular weight is 404 g/mol. The van der Waals surface area contributed by atoms with Gasteiger partial charge in [0.2, 0.25) is 0 Å². The Balaban J connectivity index is 1.82. The second-order valence-electron chi connectivity index (χ2n) is 5.01. The van der Waals surface area contributed by atoms with Crippen molar-refractivity contribution in [1.29, 1.82) is 0 Å². The monoisotopic (exact) mass is 404 g/mol. The summed E-state index contributed by atoms with van der Waals surface area (Å²) in [6.45, 7) is 0. The number of hydrogen-bond acceptors (Lipinski definition) is 2. The van der Waals surface area contributed by atoms with Crippen LogP contribution in [0.3, 0.4) is 0 Å². The second kappa shape index (κ2) is 6.10. The third-order valence-corrected chi connectivity index (χ3v) is 7.12. The maximum atomic E-state index is 6.57. The van der Waals surface area contributed by atoms with E-state index in [1.807, 2.05) is 60.9 Å². The van der Waals surface area contributed by atoms with Crippen LogP contribution in [-0.2, 0) is 0 Å². The van der Waals surface area contributed by atoms with E-state index in [0.717, 1.165) is 40.8 Å². The SMILES string of the molecule is Clc1c([Se]c2cnc3ccccc3c2Cl)cnc2ccccc12. The van der Waals surface area contributed by atoms with Crippen molar-refractivity contribution < 1.29 is 0 Å². The van der Waals surface area contributed by atoms with Crippen LogP contribution in [0.25, 0.3) is 21.8 Å². The van der Waals surface area contributed by atoms with E-state index in [1.54, 1.807) is 0 Å². The van der Waals surface area contributed by atoms with E-state index >= 15 is 0 Å². The van der Waals surface area contributed by atoms with E-state index < -0.39 is 0 Å². The predicted molar refractivity (Wildman–Crippen MR) is 98.5 cm³/mol. The molecule has 2 nitrogen and oxygen atoms in total. The molecule has 0 fully saturated rings. The Bertz CT molecular complexity index is 951. The average Bonchev–Trinajstić information content (AvgIpc) is 2.60. The Morgan fingerprint density at radius 1 is 0.652 bits per heavy atom. The zero-order valence-corrected chi connectivity index (χ0v) is 15.1. The van der Waals surface area contributed by atoms with Crippen LogP contribution in [0, 0.1) is 0 Å². The molecule has 2 aromatic heterocycles. The number of pyridine rings is 2. The first-order valence-electron chi connectivity index (χ1n) is 6.98. The van der Waals surface area contributed by atoms with E-state index in [4.69, 9.17) is 23.2 Å². The van der Waals surface area contributed by atoms with Crippen LogP contribution in [0.1, 0.15) is 0 Å². The van der Waals surface area contributed by atoms with E-state index in [1.165, 1.54) is 0 Å². The first-order valence-corrected chi connectivity index (χ1v) is 9.45. The molecule has 0 saturated heterocycles. The molecule has 0 amide bonds. The fourth-order valence-corrected chi connectivity index (χ4v) is 5.03. The predicted octanol–water partition coefficient (Wildman–Crippen LogP) is 3.74. The van der Waals surface area contributed by atoms with Gasteiger partial charge in [-0.05, 0) is 0 Å². The van der Waals surface area contributed by atoms with Gasteiger partial charge in [-0.25, -0.2) is 0 Å². The van der Waals surface area contributed by atoms with Crippen molar-refractivity contribution in [1.82, 2.24) is 9.97 Å². The van der Waals surface area contributed by atoms with Crippen molar-refractivity contribution in [2.45, 2.75) is 0 Å². The summed E-state index contributed by atoms with van der Waals surface area (Å²) in [5.41, 5.74) is 1.81. The molecular formula is C18H10Cl2N2Se. The minimum atomic E-state index is -0.0533. The molecule has 2 aromatic carbocycles. The van der Waals surface area contributed by atoms with Crippen molar-refractivity contribution in [3.8, 4) is 0 Å². The Morgan fingerprint density at radius 3 is 1.57 bits per heavy atom. The molecule has 5 heteroatoms. The van der Waals surface area contributed by atoms with Gasteiger partial charge in [-0.3, -0.25) is 0 Å². The van der Waals surface area contributed by atoms with Crippen LogP contribution >= 0.6 is 23.2 Å². The molecule has 23 heavy (non-hydrogen) atoms. The summed E-state index contributed by atoms with van der Waals surface area (Å²) < 4.78 is 2.02. The molecule has 112 valence electrons. The number of para-hydroxylation sites is 2. The van der Waals surface area contributed by atoms with Gasteiger partial charge in [0.25, 0.3) is 0 Å². The van der Waals surface area contributed by atoms with Crippen LogP contribution in [0.15, 0.2) is 60.9 Å². The number of halogens is 2. The molecule has 0 saturated carbocycles. The molecule has 4 aromatic rings. The molecular weight excluding hydrogens is 394 g/mol. The van der Waals surface area contributed by atoms with Crippen molar-refractivity contribution >= 4 is 68.9 Å². The molecule has 0 aliphatic heterocycles. The Labute approximate surface area is 149 Å². The summed E-state index contributed by atoms with van der Waals surface area (Å²) in [5, 5.41) is 3.44. The summed E-state index contributed by atoms with van der Waals surface area (Å²) in [7, 11) is 0. The molecule has 4 rings (SSSR count). The van der Waals surface area contributed by atoms with E-state index in [9.17, 15) is 0 Å². The zero-order valence-electron chi connectivity index (χ0n) is 11.8. The van der Waals surface area contributed by atoms with Gasteiger partial charge in [-0.1, -0.05) is 0 Å². The maximum absolute atomic E-state index is 6.57. The Hall–Kier alpha value is -1.64. The summed E-state index contributed by atoms with van der Waals surface area (Å²) in [5.74, 6) is 0. The summed E-state index contributed by atoms with van der Waals surface area (Å²) in [6.07, 6.45) is 3.69. The van der Waals surface area contributed by atoms with E-state index in [0.29, 0.717) is 0 Å². The second-order valence-corrected chi connectivity index (χ2v) is 8.04. The standard InChI is InChI=1S/C18H10Cl2N2Se/c19-17-11-5-1-3-7-13(11)21-9-15(17)23-16-10-22-14-8-4-2-6-12(14)18(16)20/h1-10H. The van der Waals surface area contributed by atoms with Gasteiger partial charge in [-0.2, -0.15) is 0 Å². The third-order valence-electron chi connectivity index (χ3n) is 3.58. The summed E-state index contributed by atoms with van der Waals surface area (Å²) in [4.78, 5) is 9.00. The van der Waals surface area contributed by atoms with Crippen LogP contribution in [0.2, 0.25) is 10.0 Å². The van der Waals surface area contributed by atoms with Crippen LogP contribution in [-0.4, -0.2) is 24.9 Å². The number of nitrogens with zero attached hydrogens (tertiary/aromatic N) is 2. The first kappa shape index (κ1) is 14.9. The summed E-state index contributed by atoms with van der Waals surface area (Å²) in [6, 6.07) is 15.8. The molecule has 0 radical (unpaired) electrons. The van der Waals surface area contributed by atoms with Gasteiger partial charge in [0, 0.05) is 0 Å². The molecule has 0 N–H and O–H groups in total. The summed E-state index contributed by atoms with van der Waals surface area (Å²) >= 11 is 13.1. The third kappa shape index (κ3) is 2.71. The molecule has 2 heterocycles. The number of rotatable bonds is 2. The van der Waals surface area contributed by atoms with Crippen molar-refractivity contribution in [2.75, 3.05) is 0 Å². The van der Waals surface area contributed by atoms with E-state index in [2.05, 4.69) is 9.97 Å². The van der Waals surface area contributed by atoms with E-state index in [-0.39, 0.29) is 15.0 Å². The van der Waals surface area contributed by atoms with Crippen molar-refractivity contribution in [3.05, 3.63) is 71.0 Å². The number of aromatic nitrogens is 2. The van der Waals surface area contributed by atoms with Gasteiger partial charge in [0.15, 0.2) is 0 Å². The molecule has 0 bridgehead atoms. The first-order chi connectivity index (χ1) is 11.2. The molecule has 0 spiro atoms. The minimum absolute atomic E-state index is 0.0533. The van der Waals surface area contributed by atoms with Gasteiger partial charge in [0.1, 0.15) is 0 Å².